The van der Waals surface area contributed by atoms with E-state index in [1.807, 2.05) is 0 Å². The summed E-state index contributed by atoms with van der Waals surface area (Å²) in [5.41, 5.74) is 0.793. The number of hydrogen-bond acceptors (Lipinski definition) is 8. The van der Waals surface area contributed by atoms with E-state index in [4.69, 9.17) is 14.2 Å². The van der Waals surface area contributed by atoms with Crippen LogP contribution in [-0.4, -0.2) is 63.2 Å². The molecule has 174 valence electrons. The molecule has 0 fully saturated rings. The Kier molecular flexibility index (Phi) is 6.64. The van der Waals surface area contributed by atoms with Crippen LogP contribution in [0.15, 0.2) is 47.4 Å². The maximum Gasteiger partial charge on any atom is 0.306 e. The Morgan fingerprint density at radius 2 is 1.61 bits per heavy atom. The third kappa shape index (κ3) is 5.00. The van der Waals surface area contributed by atoms with E-state index in [1.54, 1.807) is 24.3 Å². The van der Waals surface area contributed by atoms with Gasteiger partial charge in [-0.05, 0) is 37.1 Å². The lowest BCUT2D eigenvalue weighted by Crippen LogP contribution is -2.30. The van der Waals surface area contributed by atoms with Gasteiger partial charge < -0.3 is 14.2 Å². The average molecular weight is 474 g/mol. The van der Waals surface area contributed by atoms with Gasteiger partial charge in [-0.15, -0.1) is 0 Å². The number of amides is 2. The van der Waals surface area contributed by atoms with Crippen molar-refractivity contribution < 1.29 is 37.0 Å². The monoisotopic (exact) mass is 473 g/mol. The minimum atomic E-state index is -3.69. The van der Waals surface area contributed by atoms with E-state index in [-0.39, 0.29) is 42.0 Å². The summed E-state index contributed by atoms with van der Waals surface area (Å²) in [5.74, 6) is -0.810. The van der Waals surface area contributed by atoms with E-state index < -0.39 is 15.8 Å². The topological polar surface area (TPSA) is 116 Å². The highest BCUT2D eigenvalue weighted by atomic mass is 32.2. The molecule has 0 spiro atoms. The van der Waals surface area contributed by atoms with Crippen molar-refractivity contribution in [3.05, 3.63) is 53.6 Å². The van der Waals surface area contributed by atoms with Gasteiger partial charge >= 0.3 is 5.97 Å². The molecule has 10 heteroatoms. The largest absolute Gasteiger partial charge is 0.486 e. The molecule has 4 rings (SSSR count). The number of unbranched alkanes of at least 4 members (excludes halogenated alkanes) is 1. The van der Waals surface area contributed by atoms with Gasteiger partial charge in [-0.1, -0.05) is 12.1 Å². The Bertz CT molecular complexity index is 1160. The average Bonchev–Trinajstić information content (AvgIpc) is 3.07. The van der Waals surface area contributed by atoms with Crippen molar-refractivity contribution in [2.24, 2.45) is 0 Å². The first kappa shape index (κ1) is 22.8. The zero-order valence-corrected chi connectivity index (χ0v) is 18.6. The Hall–Kier alpha value is -3.40. The summed E-state index contributed by atoms with van der Waals surface area (Å²) in [6, 6.07) is 11.0. The van der Waals surface area contributed by atoms with Crippen molar-refractivity contribution in [2.75, 3.05) is 32.1 Å². The minimum Gasteiger partial charge on any atom is -0.486 e. The molecule has 0 atom stereocenters. The molecule has 0 saturated carbocycles. The van der Waals surface area contributed by atoms with Crippen molar-refractivity contribution in [1.29, 1.82) is 0 Å². The van der Waals surface area contributed by atoms with E-state index in [9.17, 15) is 22.8 Å². The van der Waals surface area contributed by atoms with E-state index in [1.165, 1.54) is 23.1 Å². The Balaban J connectivity index is 1.18. The van der Waals surface area contributed by atoms with E-state index in [0.717, 1.165) is 0 Å². The van der Waals surface area contributed by atoms with Gasteiger partial charge in [-0.3, -0.25) is 19.3 Å². The second kappa shape index (κ2) is 9.62. The zero-order chi connectivity index (χ0) is 23.4. The van der Waals surface area contributed by atoms with Crippen LogP contribution in [0, 0.1) is 0 Å². The van der Waals surface area contributed by atoms with Crippen LogP contribution in [-0.2, 0) is 19.4 Å². The Morgan fingerprint density at radius 1 is 0.939 bits per heavy atom. The van der Waals surface area contributed by atoms with Gasteiger partial charge in [0.25, 0.3) is 11.8 Å². The molecule has 0 unspecified atom stereocenters. The molecule has 0 bridgehead atoms. The van der Waals surface area contributed by atoms with Crippen LogP contribution in [0.2, 0.25) is 0 Å². The first-order chi connectivity index (χ1) is 15.9. The summed E-state index contributed by atoms with van der Waals surface area (Å²) in [5, 5.41) is 0. The molecule has 2 aliphatic heterocycles. The molecule has 0 saturated heterocycles. The summed E-state index contributed by atoms with van der Waals surface area (Å²) in [4.78, 5) is 37.8. The van der Waals surface area contributed by atoms with Crippen LogP contribution in [0.4, 0.5) is 0 Å². The summed E-state index contributed by atoms with van der Waals surface area (Å²) >= 11 is 0. The first-order valence-electron chi connectivity index (χ1n) is 10.6. The minimum absolute atomic E-state index is 0.0560. The maximum atomic E-state index is 12.5. The fourth-order valence-electron chi connectivity index (χ4n) is 3.63. The fourth-order valence-corrected chi connectivity index (χ4v) is 4.86. The highest BCUT2D eigenvalue weighted by Crippen LogP contribution is 2.32. The molecule has 2 amide bonds. The van der Waals surface area contributed by atoms with Gasteiger partial charge in [0, 0.05) is 12.6 Å². The first-order valence-corrected chi connectivity index (χ1v) is 12.3. The number of benzene rings is 2. The predicted octanol–water partition coefficient (Wildman–Crippen LogP) is 2.24. The number of esters is 1. The van der Waals surface area contributed by atoms with Gasteiger partial charge in [-0.2, -0.15) is 0 Å². The summed E-state index contributed by atoms with van der Waals surface area (Å²) < 4.78 is 40.9. The number of sulfone groups is 1. The van der Waals surface area contributed by atoms with Crippen molar-refractivity contribution >= 4 is 27.6 Å². The second-order valence-corrected chi connectivity index (χ2v) is 9.72. The van der Waals surface area contributed by atoms with Crippen LogP contribution in [0.1, 0.15) is 40.0 Å². The van der Waals surface area contributed by atoms with Crippen LogP contribution in [0.5, 0.6) is 11.5 Å². The SMILES string of the molecule is O=C(CCS(=O)(=O)c1ccc2c(c1)OCCO2)OCCCCN1C(=O)c2ccccc2C1=O. The summed E-state index contributed by atoms with van der Waals surface area (Å²) in [6.07, 6.45) is 0.623. The smallest absolute Gasteiger partial charge is 0.306 e. The van der Waals surface area contributed by atoms with Crippen molar-refractivity contribution in [3.8, 4) is 11.5 Å². The number of ether oxygens (including phenoxy) is 3. The molecule has 2 heterocycles. The van der Waals surface area contributed by atoms with Crippen molar-refractivity contribution in [1.82, 2.24) is 4.90 Å². The molecular formula is C23H23NO8S. The molecule has 2 aliphatic rings. The number of imide groups is 1. The molecule has 2 aromatic carbocycles. The molecule has 2 aromatic rings. The fraction of sp³-hybridized carbons (Fsp3) is 0.348. The van der Waals surface area contributed by atoms with E-state index in [2.05, 4.69) is 0 Å². The molecule has 0 N–H and O–H groups in total. The van der Waals surface area contributed by atoms with Crippen LogP contribution in [0.3, 0.4) is 0 Å². The van der Waals surface area contributed by atoms with E-state index in [0.29, 0.717) is 48.7 Å². The highest BCUT2D eigenvalue weighted by molar-refractivity contribution is 7.91. The third-order valence-electron chi connectivity index (χ3n) is 5.36. The van der Waals surface area contributed by atoms with Gasteiger partial charge in [0.2, 0.25) is 0 Å². The van der Waals surface area contributed by atoms with Crippen molar-refractivity contribution in [2.45, 2.75) is 24.2 Å². The van der Waals surface area contributed by atoms with Gasteiger partial charge in [0.1, 0.15) is 13.2 Å². The number of hydrogen-bond donors (Lipinski definition) is 0. The Labute approximate surface area is 191 Å². The molecule has 0 aromatic heterocycles. The normalized spacial score (nSPS) is 14.8. The number of rotatable bonds is 9. The Morgan fingerprint density at radius 3 is 2.30 bits per heavy atom. The van der Waals surface area contributed by atoms with E-state index >= 15 is 0 Å². The zero-order valence-electron chi connectivity index (χ0n) is 17.8. The molecule has 33 heavy (non-hydrogen) atoms. The van der Waals surface area contributed by atoms with Gasteiger partial charge in [0.05, 0.1) is 34.8 Å². The van der Waals surface area contributed by atoms with Gasteiger partial charge in [-0.25, -0.2) is 8.42 Å². The standard InChI is InChI=1S/C23H23NO8S/c25-21(9-14-33(28,29)16-7-8-19-20(15-16)31-13-12-30-19)32-11-4-3-10-24-22(26)17-5-1-2-6-18(17)23(24)27/h1-2,5-8,15H,3-4,9-14H2. The van der Waals surface area contributed by atoms with Gasteiger partial charge in [0.15, 0.2) is 21.3 Å². The second-order valence-electron chi connectivity index (χ2n) is 7.61. The molecule has 0 aliphatic carbocycles. The molecule has 9 nitrogen and oxygen atoms in total. The lowest BCUT2D eigenvalue weighted by molar-refractivity contribution is -0.143. The lowest BCUT2D eigenvalue weighted by atomic mass is 10.1. The molecule has 0 radical (unpaired) electrons. The van der Waals surface area contributed by atoms with Crippen LogP contribution < -0.4 is 9.47 Å². The third-order valence-corrected chi connectivity index (χ3v) is 7.08. The number of carbonyl (C=O) groups is 3. The van der Waals surface area contributed by atoms with Crippen molar-refractivity contribution in [3.63, 3.8) is 0 Å². The maximum absolute atomic E-state index is 12.5. The highest BCUT2D eigenvalue weighted by Gasteiger charge is 2.34. The number of carbonyl (C=O) groups excluding carboxylic acids is 3. The van der Waals surface area contributed by atoms with Crippen LogP contribution >= 0.6 is 0 Å². The predicted molar refractivity (Wildman–Crippen MR) is 116 cm³/mol. The summed E-state index contributed by atoms with van der Waals surface area (Å²) in [6.45, 7) is 1.05. The van der Waals surface area contributed by atoms with Crippen LogP contribution in [0.25, 0.3) is 0 Å². The summed E-state index contributed by atoms with van der Waals surface area (Å²) in [7, 11) is -3.69. The number of nitrogens with zero attached hydrogens (tertiary/aromatic N) is 1. The molecular weight excluding hydrogens is 450 g/mol. The number of fused-ring (bicyclic) bond motifs is 2. The quantitative estimate of drug-likeness (QED) is 0.309. The lowest BCUT2D eigenvalue weighted by Gasteiger charge is -2.18.